The van der Waals surface area contributed by atoms with Crippen molar-refractivity contribution in [2.24, 2.45) is 0 Å². The van der Waals surface area contributed by atoms with E-state index in [1.807, 2.05) is 0 Å². The van der Waals surface area contributed by atoms with Crippen molar-refractivity contribution in [2.45, 2.75) is 244 Å². The van der Waals surface area contributed by atoms with E-state index in [0.717, 1.165) is 32.1 Å². The van der Waals surface area contributed by atoms with Crippen LogP contribution in [0.4, 0.5) is 0 Å². The molecule has 1 unspecified atom stereocenters. The quantitative estimate of drug-likeness (QED) is 0.0308. The van der Waals surface area contributed by atoms with E-state index in [4.69, 9.17) is 23.6 Å². The summed E-state index contributed by atoms with van der Waals surface area (Å²) in [5, 5.41) is 18.3. The van der Waals surface area contributed by atoms with Crippen LogP contribution in [0.15, 0.2) is 0 Å². The van der Waals surface area contributed by atoms with Crippen LogP contribution < -0.4 is 0 Å². The molecule has 328 valence electrons. The number of carbonyl (C=O) groups is 2. The fourth-order valence-corrected chi connectivity index (χ4v) is 7.49. The summed E-state index contributed by atoms with van der Waals surface area (Å²) >= 11 is 0. The molecular weight excluding hydrogens is 719 g/mol. The summed E-state index contributed by atoms with van der Waals surface area (Å²) in [7, 11) is -4.61. The molecule has 0 heterocycles. The van der Waals surface area contributed by atoms with Gasteiger partial charge in [0.05, 0.1) is 19.8 Å². The van der Waals surface area contributed by atoms with Gasteiger partial charge < -0.3 is 24.6 Å². The van der Waals surface area contributed by atoms with Gasteiger partial charge in [0.25, 0.3) is 0 Å². The fraction of sp³-hybridized carbons (Fsp3) is 0.955. The lowest BCUT2D eigenvalue weighted by molar-refractivity contribution is -0.161. The minimum absolute atomic E-state index is 0.193. The van der Waals surface area contributed by atoms with E-state index >= 15 is 0 Å². The van der Waals surface area contributed by atoms with Gasteiger partial charge in [0.15, 0.2) is 6.10 Å². The molecule has 0 saturated heterocycles. The van der Waals surface area contributed by atoms with Gasteiger partial charge in [-0.3, -0.25) is 18.6 Å². The largest absolute Gasteiger partial charge is 0.472 e. The number of aliphatic hydroxyl groups excluding tert-OH is 2. The number of unbranched alkanes of at least 4 members (excludes halogenated alkanes) is 30. The molecule has 3 N–H and O–H groups in total. The fourth-order valence-electron chi connectivity index (χ4n) is 6.70. The average Bonchev–Trinajstić information content (AvgIpc) is 3.17. The Morgan fingerprint density at radius 3 is 1.13 bits per heavy atom. The van der Waals surface area contributed by atoms with Gasteiger partial charge in [0.1, 0.15) is 12.7 Å². The molecule has 3 atom stereocenters. The molecule has 0 aliphatic carbocycles. The van der Waals surface area contributed by atoms with E-state index in [1.165, 1.54) is 161 Å². The Bertz CT molecular complexity index is 889. The molecule has 0 rings (SSSR count). The monoisotopic (exact) mass is 807 g/mol. The van der Waals surface area contributed by atoms with Crippen molar-refractivity contribution in [1.82, 2.24) is 0 Å². The molecule has 11 heteroatoms. The Hall–Kier alpha value is -1.03. The molecule has 0 saturated carbocycles. The molecular formula is C44H87O10P. The number of phosphoric ester groups is 1. The van der Waals surface area contributed by atoms with Gasteiger partial charge in [0, 0.05) is 12.8 Å². The van der Waals surface area contributed by atoms with Crippen LogP contribution in [0.25, 0.3) is 0 Å². The molecule has 0 spiro atoms. The number of rotatable bonds is 44. The Kier molecular flexibility index (Phi) is 40.4. The second-order valence-corrected chi connectivity index (χ2v) is 17.3. The van der Waals surface area contributed by atoms with Crippen LogP contribution in [-0.4, -0.2) is 65.7 Å². The third-order valence-corrected chi connectivity index (χ3v) is 11.2. The second-order valence-electron chi connectivity index (χ2n) is 15.8. The van der Waals surface area contributed by atoms with E-state index in [0.29, 0.717) is 12.8 Å². The number of ether oxygens (including phenoxy) is 2. The maximum absolute atomic E-state index is 12.6. The normalized spacial score (nSPS) is 13.8. The van der Waals surface area contributed by atoms with Crippen molar-refractivity contribution in [2.75, 3.05) is 26.4 Å². The molecule has 0 aromatic heterocycles. The van der Waals surface area contributed by atoms with Gasteiger partial charge in [-0.15, -0.1) is 0 Å². The molecule has 0 bridgehead atoms. The number of hydrogen-bond acceptors (Lipinski definition) is 9. The van der Waals surface area contributed by atoms with Crippen molar-refractivity contribution in [3.05, 3.63) is 0 Å². The molecule has 0 aromatic rings. The third kappa shape index (κ3) is 40.9. The SMILES string of the molecule is CCCCCCCCCCCCCCCCCCCCC(=O)O[C@H](COC(=O)CCCCCCCCCCCCCCCC)COP(=O)(O)OC[C@@H](O)CO. The predicted molar refractivity (Wildman–Crippen MR) is 224 cm³/mol. The summed E-state index contributed by atoms with van der Waals surface area (Å²) in [6.07, 6.45) is 37.8. The molecule has 0 aliphatic rings. The average molecular weight is 807 g/mol. The molecule has 10 nitrogen and oxygen atoms in total. The smallest absolute Gasteiger partial charge is 0.462 e. The lowest BCUT2D eigenvalue weighted by Gasteiger charge is -2.20. The Balaban J connectivity index is 4.20. The number of esters is 2. The zero-order valence-electron chi connectivity index (χ0n) is 35.7. The van der Waals surface area contributed by atoms with E-state index < -0.39 is 51.8 Å². The lowest BCUT2D eigenvalue weighted by Crippen LogP contribution is -2.29. The molecule has 55 heavy (non-hydrogen) atoms. The summed E-state index contributed by atoms with van der Waals surface area (Å²) in [5.74, 6) is -0.907. The van der Waals surface area contributed by atoms with E-state index in [-0.39, 0.29) is 19.4 Å². The summed E-state index contributed by atoms with van der Waals surface area (Å²) < 4.78 is 32.8. The highest BCUT2D eigenvalue weighted by atomic mass is 31.2. The summed E-state index contributed by atoms with van der Waals surface area (Å²) in [6, 6.07) is 0. The molecule has 0 amide bonds. The predicted octanol–water partition coefficient (Wildman–Crippen LogP) is 12.2. The highest BCUT2D eigenvalue weighted by molar-refractivity contribution is 7.47. The minimum atomic E-state index is -4.61. The molecule has 0 fully saturated rings. The third-order valence-electron chi connectivity index (χ3n) is 10.3. The van der Waals surface area contributed by atoms with Gasteiger partial charge in [-0.1, -0.05) is 206 Å². The Labute approximate surface area is 337 Å². The van der Waals surface area contributed by atoms with Crippen molar-refractivity contribution in [3.8, 4) is 0 Å². The number of hydrogen-bond donors (Lipinski definition) is 3. The first-order valence-corrected chi connectivity index (χ1v) is 24.5. The summed E-state index contributed by atoms with van der Waals surface area (Å²) in [5.41, 5.74) is 0. The van der Waals surface area contributed by atoms with E-state index in [1.54, 1.807) is 0 Å². The van der Waals surface area contributed by atoms with E-state index in [2.05, 4.69) is 13.8 Å². The van der Waals surface area contributed by atoms with E-state index in [9.17, 15) is 24.2 Å². The molecule has 0 aliphatic heterocycles. The van der Waals surface area contributed by atoms with Crippen LogP contribution in [0.2, 0.25) is 0 Å². The van der Waals surface area contributed by atoms with Gasteiger partial charge in [-0.25, -0.2) is 4.57 Å². The number of phosphoric acid groups is 1. The van der Waals surface area contributed by atoms with Crippen LogP contribution in [0.3, 0.4) is 0 Å². The number of aliphatic hydroxyl groups is 2. The van der Waals surface area contributed by atoms with Crippen LogP contribution >= 0.6 is 7.82 Å². The first-order valence-electron chi connectivity index (χ1n) is 23.0. The van der Waals surface area contributed by atoms with Gasteiger partial charge >= 0.3 is 19.8 Å². The van der Waals surface area contributed by atoms with Crippen LogP contribution in [0.1, 0.15) is 232 Å². The molecule has 0 radical (unpaired) electrons. The van der Waals surface area contributed by atoms with Crippen molar-refractivity contribution in [1.29, 1.82) is 0 Å². The standard InChI is InChI=1S/C44H87O10P/c1-3-5-7-9-11-13-15-17-19-20-21-22-24-26-28-30-32-34-36-44(48)54-42(40-53-55(49,50)52-38-41(46)37-45)39-51-43(47)35-33-31-29-27-25-23-18-16-14-12-10-8-6-4-2/h41-42,45-46H,3-40H2,1-2H3,(H,49,50)/t41-,42+/m0/s1. The maximum atomic E-state index is 12.6. The second kappa shape index (κ2) is 41.1. The molecule has 0 aromatic carbocycles. The Morgan fingerprint density at radius 2 is 0.782 bits per heavy atom. The number of carbonyl (C=O) groups excluding carboxylic acids is 2. The Morgan fingerprint density at radius 1 is 0.473 bits per heavy atom. The first-order chi connectivity index (χ1) is 26.7. The van der Waals surface area contributed by atoms with Crippen LogP contribution in [0.5, 0.6) is 0 Å². The van der Waals surface area contributed by atoms with Crippen molar-refractivity contribution >= 4 is 19.8 Å². The maximum Gasteiger partial charge on any atom is 0.472 e. The minimum Gasteiger partial charge on any atom is -0.462 e. The van der Waals surface area contributed by atoms with Crippen LogP contribution in [0, 0.1) is 0 Å². The van der Waals surface area contributed by atoms with Crippen molar-refractivity contribution in [3.63, 3.8) is 0 Å². The van der Waals surface area contributed by atoms with Crippen LogP contribution in [-0.2, 0) is 32.7 Å². The summed E-state index contributed by atoms with van der Waals surface area (Å²) in [4.78, 5) is 35.0. The van der Waals surface area contributed by atoms with Gasteiger partial charge in [0.2, 0.25) is 0 Å². The zero-order valence-corrected chi connectivity index (χ0v) is 36.6. The highest BCUT2D eigenvalue weighted by Crippen LogP contribution is 2.43. The van der Waals surface area contributed by atoms with Gasteiger partial charge in [-0.2, -0.15) is 0 Å². The zero-order chi connectivity index (χ0) is 40.5. The highest BCUT2D eigenvalue weighted by Gasteiger charge is 2.27. The topological polar surface area (TPSA) is 149 Å². The van der Waals surface area contributed by atoms with Gasteiger partial charge in [-0.05, 0) is 12.8 Å². The summed E-state index contributed by atoms with van der Waals surface area (Å²) in [6.45, 7) is 2.43. The lowest BCUT2D eigenvalue weighted by atomic mass is 10.0. The van der Waals surface area contributed by atoms with Crippen molar-refractivity contribution < 1.29 is 47.8 Å². The first kappa shape index (κ1) is 54.0.